The lowest BCUT2D eigenvalue weighted by Gasteiger charge is -2.05. The molecule has 0 saturated heterocycles. The minimum Gasteiger partial charge on any atom is -0.396 e. The number of aliphatic hydroxyl groups excluding tert-OH is 1. The van der Waals surface area contributed by atoms with Crippen molar-refractivity contribution in [1.29, 1.82) is 0 Å². The van der Waals surface area contributed by atoms with Crippen molar-refractivity contribution in [1.82, 2.24) is 10.3 Å². The van der Waals surface area contributed by atoms with Crippen LogP contribution < -0.4 is 5.32 Å². The van der Waals surface area contributed by atoms with Crippen molar-refractivity contribution in [3.8, 4) is 0 Å². The zero-order valence-electron chi connectivity index (χ0n) is 10.6. The standard InChI is InChI=1S/C15H20N2O/c18-11-5-1-4-10-16-12-14-9-8-13-6-2-3-7-15(13)17-14/h2-3,6-9,16,18H,1,4-5,10-12H2. The fourth-order valence-electron chi connectivity index (χ4n) is 1.96. The molecule has 0 bridgehead atoms. The van der Waals surface area contributed by atoms with Gasteiger partial charge in [-0.05, 0) is 37.9 Å². The monoisotopic (exact) mass is 244 g/mol. The van der Waals surface area contributed by atoms with Gasteiger partial charge in [-0.1, -0.05) is 24.3 Å². The summed E-state index contributed by atoms with van der Waals surface area (Å²) in [5.41, 5.74) is 2.13. The van der Waals surface area contributed by atoms with Crippen LogP contribution in [0.2, 0.25) is 0 Å². The van der Waals surface area contributed by atoms with E-state index in [1.54, 1.807) is 0 Å². The van der Waals surface area contributed by atoms with E-state index in [1.807, 2.05) is 18.2 Å². The molecule has 0 unspecified atom stereocenters. The molecule has 1 aromatic heterocycles. The van der Waals surface area contributed by atoms with E-state index in [0.717, 1.165) is 43.6 Å². The molecule has 18 heavy (non-hydrogen) atoms. The summed E-state index contributed by atoms with van der Waals surface area (Å²) >= 11 is 0. The van der Waals surface area contributed by atoms with Gasteiger partial charge < -0.3 is 10.4 Å². The maximum atomic E-state index is 8.67. The molecule has 0 saturated carbocycles. The normalized spacial score (nSPS) is 10.9. The van der Waals surface area contributed by atoms with Crippen LogP contribution in [0.3, 0.4) is 0 Å². The summed E-state index contributed by atoms with van der Waals surface area (Å²) in [6.07, 6.45) is 3.08. The molecule has 96 valence electrons. The van der Waals surface area contributed by atoms with E-state index in [4.69, 9.17) is 5.11 Å². The number of benzene rings is 1. The minimum atomic E-state index is 0.298. The fraction of sp³-hybridized carbons (Fsp3) is 0.400. The quantitative estimate of drug-likeness (QED) is 0.735. The highest BCUT2D eigenvalue weighted by molar-refractivity contribution is 5.78. The van der Waals surface area contributed by atoms with Crippen LogP contribution in [0.25, 0.3) is 10.9 Å². The Morgan fingerprint density at radius 3 is 2.78 bits per heavy atom. The second-order valence-corrected chi connectivity index (χ2v) is 4.46. The maximum Gasteiger partial charge on any atom is 0.0705 e. The van der Waals surface area contributed by atoms with Crippen molar-refractivity contribution in [2.45, 2.75) is 25.8 Å². The predicted molar refractivity (Wildman–Crippen MR) is 74.4 cm³/mol. The minimum absolute atomic E-state index is 0.298. The lowest BCUT2D eigenvalue weighted by molar-refractivity contribution is 0.283. The Morgan fingerprint density at radius 1 is 1.00 bits per heavy atom. The third-order valence-electron chi connectivity index (χ3n) is 2.97. The molecular weight excluding hydrogens is 224 g/mol. The number of unbranched alkanes of at least 4 members (excludes halogenated alkanes) is 2. The molecule has 2 aromatic rings. The lowest BCUT2D eigenvalue weighted by Crippen LogP contribution is -2.15. The van der Waals surface area contributed by atoms with Gasteiger partial charge in [-0.2, -0.15) is 0 Å². The van der Waals surface area contributed by atoms with Crippen molar-refractivity contribution in [2.75, 3.05) is 13.2 Å². The van der Waals surface area contributed by atoms with E-state index in [0.29, 0.717) is 6.61 Å². The summed E-state index contributed by atoms with van der Waals surface area (Å²) < 4.78 is 0. The van der Waals surface area contributed by atoms with Crippen LogP contribution >= 0.6 is 0 Å². The highest BCUT2D eigenvalue weighted by Gasteiger charge is 1.97. The van der Waals surface area contributed by atoms with Crippen molar-refractivity contribution in [3.05, 3.63) is 42.1 Å². The first-order chi connectivity index (χ1) is 8.90. The van der Waals surface area contributed by atoms with Crippen LogP contribution in [-0.2, 0) is 6.54 Å². The van der Waals surface area contributed by atoms with Crippen molar-refractivity contribution < 1.29 is 5.11 Å². The number of pyridine rings is 1. The molecule has 3 nitrogen and oxygen atoms in total. The molecular formula is C15H20N2O. The second kappa shape index (κ2) is 7.09. The zero-order valence-corrected chi connectivity index (χ0v) is 10.6. The number of para-hydroxylation sites is 1. The third kappa shape index (κ3) is 3.79. The number of aromatic nitrogens is 1. The molecule has 0 amide bonds. The first-order valence-electron chi connectivity index (χ1n) is 6.56. The van der Waals surface area contributed by atoms with Gasteiger partial charge in [0.25, 0.3) is 0 Å². The first kappa shape index (κ1) is 13.0. The highest BCUT2D eigenvalue weighted by Crippen LogP contribution is 2.11. The Labute approximate surface area is 108 Å². The number of nitrogens with zero attached hydrogens (tertiary/aromatic N) is 1. The molecule has 0 aliphatic carbocycles. The van der Waals surface area contributed by atoms with Crippen molar-refractivity contribution in [3.63, 3.8) is 0 Å². The summed E-state index contributed by atoms with van der Waals surface area (Å²) in [5, 5.41) is 13.2. The van der Waals surface area contributed by atoms with Gasteiger partial charge >= 0.3 is 0 Å². The average molecular weight is 244 g/mol. The molecule has 2 rings (SSSR count). The number of hydrogen-bond donors (Lipinski definition) is 2. The number of nitrogens with one attached hydrogen (secondary N) is 1. The van der Waals surface area contributed by atoms with Crippen LogP contribution in [0.4, 0.5) is 0 Å². The molecule has 1 heterocycles. The largest absolute Gasteiger partial charge is 0.396 e. The van der Waals surface area contributed by atoms with Gasteiger partial charge in [0.2, 0.25) is 0 Å². The molecule has 2 N–H and O–H groups in total. The Kier molecular flexibility index (Phi) is 5.12. The van der Waals surface area contributed by atoms with E-state index >= 15 is 0 Å². The molecule has 0 fully saturated rings. The smallest absolute Gasteiger partial charge is 0.0705 e. The van der Waals surface area contributed by atoms with Gasteiger partial charge in [-0.3, -0.25) is 4.98 Å². The van der Waals surface area contributed by atoms with E-state index in [2.05, 4.69) is 28.5 Å². The fourth-order valence-corrected chi connectivity index (χ4v) is 1.96. The van der Waals surface area contributed by atoms with Crippen LogP contribution in [0.5, 0.6) is 0 Å². The second-order valence-electron chi connectivity index (χ2n) is 4.46. The summed E-state index contributed by atoms with van der Waals surface area (Å²) in [5.74, 6) is 0. The van der Waals surface area contributed by atoms with Gasteiger partial charge in [0.05, 0.1) is 11.2 Å². The average Bonchev–Trinajstić information content (AvgIpc) is 2.42. The number of aliphatic hydroxyl groups is 1. The Hall–Kier alpha value is -1.45. The van der Waals surface area contributed by atoms with Crippen molar-refractivity contribution >= 4 is 10.9 Å². The maximum absolute atomic E-state index is 8.67. The van der Waals surface area contributed by atoms with E-state index in [9.17, 15) is 0 Å². The molecule has 0 atom stereocenters. The highest BCUT2D eigenvalue weighted by atomic mass is 16.2. The predicted octanol–water partition coefficient (Wildman–Crippen LogP) is 2.49. The van der Waals surface area contributed by atoms with Crippen LogP contribution in [0, 0.1) is 0 Å². The Bertz CT molecular complexity index is 485. The molecule has 0 spiro atoms. The summed E-state index contributed by atoms with van der Waals surface area (Å²) in [6.45, 7) is 2.09. The van der Waals surface area contributed by atoms with Gasteiger partial charge in [0.1, 0.15) is 0 Å². The zero-order chi connectivity index (χ0) is 12.6. The van der Waals surface area contributed by atoms with Crippen molar-refractivity contribution in [2.24, 2.45) is 0 Å². The number of hydrogen-bond acceptors (Lipinski definition) is 3. The third-order valence-corrected chi connectivity index (χ3v) is 2.97. The Balaban J connectivity index is 1.81. The Morgan fingerprint density at radius 2 is 1.89 bits per heavy atom. The molecule has 3 heteroatoms. The summed E-state index contributed by atoms with van der Waals surface area (Å²) in [6, 6.07) is 12.4. The van der Waals surface area contributed by atoms with E-state index in [1.165, 1.54) is 5.39 Å². The van der Waals surface area contributed by atoms with Crippen LogP contribution in [0.1, 0.15) is 25.0 Å². The summed E-state index contributed by atoms with van der Waals surface area (Å²) in [4.78, 5) is 4.61. The summed E-state index contributed by atoms with van der Waals surface area (Å²) in [7, 11) is 0. The van der Waals surface area contributed by atoms with Gasteiger partial charge in [-0.25, -0.2) is 0 Å². The molecule has 0 aliphatic heterocycles. The first-order valence-corrected chi connectivity index (χ1v) is 6.56. The van der Waals surface area contributed by atoms with Gasteiger partial charge in [0, 0.05) is 18.5 Å². The van der Waals surface area contributed by atoms with E-state index in [-0.39, 0.29) is 0 Å². The van der Waals surface area contributed by atoms with E-state index < -0.39 is 0 Å². The number of rotatable bonds is 7. The SMILES string of the molecule is OCCCCCNCc1ccc2ccccc2n1. The van der Waals surface area contributed by atoms with Gasteiger partial charge in [0.15, 0.2) is 0 Å². The topological polar surface area (TPSA) is 45.1 Å². The molecule has 0 aliphatic rings. The molecule has 1 aromatic carbocycles. The van der Waals surface area contributed by atoms with Crippen LogP contribution in [-0.4, -0.2) is 23.2 Å². The number of fused-ring (bicyclic) bond motifs is 1. The van der Waals surface area contributed by atoms with Crippen LogP contribution in [0.15, 0.2) is 36.4 Å². The lowest BCUT2D eigenvalue weighted by atomic mass is 10.2. The molecule has 0 radical (unpaired) electrons. The van der Waals surface area contributed by atoms with Gasteiger partial charge in [-0.15, -0.1) is 0 Å².